The quantitative estimate of drug-likeness (QED) is 0.0938. The molecule has 0 amide bonds. The van der Waals surface area contributed by atoms with E-state index in [1.165, 1.54) is 126 Å². The first-order chi connectivity index (χ1) is 25.6. The molecule has 0 heterocycles. The first kappa shape index (κ1) is 35.3. The molecule has 2 nitrogen and oxygen atoms in total. The van der Waals surface area contributed by atoms with Crippen LogP contribution in [0.3, 0.4) is 0 Å². The summed E-state index contributed by atoms with van der Waals surface area (Å²) in [5.74, 6) is 0. The Balaban J connectivity index is 1.41. The number of aryl methyl sites for hydroxylation is 1. The SMILES string of the molecule is CCCCCCC1(CCCCCC)c2cc(N(c3ccccc3)c3ccccc3)ccc2-c2ccc(N(c3ccccc3)c3ccc(C)cc3)cc21. The fraction of sp³-hybridized carbons (Fsp3) is 0.280. The Kier molecular flexibility index (Phi) is 11.2. The molecule has 0 radical (unpaired) electrons. The summed E-state index contributed by atoms with van der Waals surface area (Å²) in [6.07, 6.45) is 12.4. The van der Waals surface area contributed by atoms with Gasteiger partial charge in [-0.25, -0.2) is 0 Å². The maximum Gasteiger partial charge on any atom is 0.0465 e. The summed E-state index contributed by atoms with van der Waals surface area (Å²) in [4.78, 5) is 4.88. The first-order valence-corrected chi connectivity index (χ1v) is 19.7. The van der Waals surface area contributed by atoms with Crippen LogP contribution in [0.25, 0.3) is 11.1 Å². The van der Waals surface area contributed by atoms with E-state index in [1.807, 2.05) is 0 Å². The Morgan fingerprint density at radius 2 is 0.750 bits per heavy atom. The highest BCUT2D eigenvalue weighted by Gasteiger charge is 2.43. The van der Waals surface area contributed by atoms with E-state index in [2.05, 4.69) is 182 Å². The smallest absolute Gasteiger partial charge is 0.0465 e. The highest BCUT2D eigenvalue weighted by Crippen LogP contribution is 2.57. The zero-order valence-electron chi connectivity index (χ0n) is 31.4. The topological polar surface area (TPSA) is 6.48 Å². The van der Waals surface area contributed by atoms with Gasteiger partial charge in [0.2, 0.25) is 0 Å². The van der Waals surface area contributed by atoms with Gasteiger partial charge < -0.3 is 9.80 Å². The van der Waals surface area contributed by atoms with Crippen LogP contribution in [0.15, 0.2) is 152 Å². The number of hydrogen-bond donors (Lipinski definition) is 0. The molecule has 0 spiro atoms. The van der Waals surface area contributed by atoms with Crippen LogP contribution >= 0.6 is 0 Å². The number of para-hydroxylation sites is 3. The molecular weight excluding hydrogens is 629 g/mol. The number of nitrogens with zero attached hydrogens (tertiary/aromatic N) is 2. The molecule has 7 rings (SSSR count). The van der Waals surface area contributed by atoms with Crippen molar-refractivity contribution in [2.75, 3.05) is 9.80 Å². The van der Waals surface area contributed by atoms with Gasteiger partial charge in [-0.2, -0.15) is 0 Å². The fourth-order valence-electron chi connectivity index (χ4n) is 8.44. The highest BCUT2D eigenvalue weighted by atomic mass is 15.1. The summed E-state index contributed by atoms with van der Waals surface area (Å²) in [7, 11) is 0. The zero-order valence-corrected chi connectivity index (χ0v) is 31.4. The van der Waals surface area contributed by atoms with Crippen LogP contribution in [-0.2, 0) is 5.41 Å². The van der Waals surface area contributed by atoms with Crippen molar-refractivity contribution in [1.82, 2.24) is 0 Å². The van der Waals surface area contributed by atoms with Gasteiger partial charge in [0.15, 0.2) is 0 Å². The Bertz CT molecular complexity index is 1960. The fourth-order valence-corrected chi connectivity index (χ4v) is 8.44. The molecule has 0 saturated carbocycles. The average Bonchev–Trinajstić information content (AvgIpc) is 3.45. The lowest BCUT2D eigenvalue weighted by Gasteiger charge is -2.35. The Hall–Kier alpha value is -5.08. The predicted molar refractivity (Wildman–Crippen MR) is 224 cm³/mol. The molecule has 6 aromatic carbocycles. The van der Waals surface area contributed by atoms with Crippen molar-refractivity contribution in [3.8, 4) is 11.1 Å². The van der Waals surface area contributed by atoms with Gasteiger partial charge in [-0.1, -0.05) is 150 Å². The van der Waals surface area contributed by atoms with Crippen LogP contribution in [0, 0.1) is 6.92 Å². The van der Waals surface area contributed by atoms with Crippen molar-refractivity contribution >= 4 is 34.1 Å². The van der Waals surface area contributed by atoms with E-state index in [-0.39, 0.29) is 5.41 Å². The molecule has 0 N–H and O–H groups in total. The molecule has 0 aliphatic heterocycles. The minimum atomic E-state index is -0.0626. The molecule has 264 valence electrons. The number of anilines is 6. The van der Waals surface area contributed by atoms with Gasteiger partial charge in [0.1, 0.15) is 0 Å². The Labute approximate surface area is 312 Å². The molecule has 52 heavy (non-hydrogen) atoms. The number of unbranched alkanes of at least 4 members (excludes halogenated alkanes) is 6. The van der Waals surface area contributed by atoms with Crippen LogP contribution in [0.5, 0.6) is 0 Å². The molecule has 0 saturated heterocycles. The van der Waals surface area contributed by atoms with E-state index < -0.39 is 0 Å². The van der Waals surface area contributed by atoms with E-state index in [9.17, 15) is 0 Å². The predicted octanol–water partition coefficient (Wildman–Crippen LogP) is 15.1. The van der Waals surface area contributed by atoms with E-state index in [4.69, 9.17) is 0 Å². The lowest BCUT2D eigenvalue weighted by molar-refractivity contribution is 0.401. The second-order valence-electron chi connectivity index (χ2n) is 14.7. The van der Waals surface area contributed by atoms with Crippen LogP contribution in [0.2, 0.25) is 0 Å². The molecule has 0 bridgehead atoms. The molecule has 0 unspecified atom stereocenters. The Morgan fingerprint density at radius 3 is 1.13 bits per heavy atom. The van der Waals surface area contributed by atoms with E-state index in [0.29, 0.717) is 0 Å². The molecule has 0 fully saturated rings. The van der Waals surface area contributed by atoms with E-state index in [0.717, 1.165) is 0 Å². The van der Waals surface area contributed by atoms with Crippen molar-refractivity contribution in [3.05, 3.63) is 168 Å². The van der Waals surface area contributed by atoms with Gasteiger partial charge in [-0.05, 0) is 115 Å². The summed E-state index contributed by atoms with van der Waals surface area (Å²) < 4.78 is 0. The second-order valence-corrected chi connectivity index (χ2v) is 14.7. The van der Waals surface area contributed by atoms with Crippen LogP contribution in [-0.4, -0.2) is 0 Å². The molecule has 1 aliphatic carbocycles. The Morgan fingerprint density at radius 1 is 0.385 bits per heavy atom. The van der Waals surface area contributed by atoms with Gasteiger partial charge in [0.05, 0.1) is 0 Å². The summed E-state index contributed by atoms with van der Waals surface area (Å²) in [6, 6.07) is 56.3. The third-order valence-electron chi connectivity index (χ3n) is 11.1. The highest BCUT2D eigenvalue weighted by molar-refractivity contribution is 5.88. The largest absolute Gasteiger partial charge is 0.310 e. The van der Waals surface area contributed by atoms with Crippen molar-refractivity contribution in [2.24, 2.45) is 0 Å². The lowest BCUT2D eigenvalue weighted by atomic mass is 9.70. The first-order valence-electron chi connectivity index (χ1n) is 19.7. The summed E-state index contributed by atoms with van der Waals surface area (Å²) >= 11 is 0. The van der Waals surface area contributed by atoms with Gasteiger partial charge in [-0.3, -0.25) is 0 Å². The van der Waals surface area contributed by atoms with E-state index in [1.54, 1.807) is 0 Å². The second kappa shape index (κ2) is 16.5. The van der Waals surface area contributed by atoms with Crippen LogP contribution in [0.4, 0.5) is 34.1 Å². The summed E-state index contributed by atoms with van der Waals surface area (Å²) in [5.41, 5.74) is 14.2. The monoisotopic (exact) mass is 682 g/mol. The van der Waals surface area contributed by atoms with Crippen molar-refractivity contribution in [3.63, 3.8) is 0 Å². The molecular formula is C50H54N2. The molecule has 1 aliphatic rings. The normalized spacial score (nSPS) is 12.7. The minimum absolute atomic E-state index is 0.0626. The maximum absolute atomic E-state index is 2.56. The molecule has 6 aromatic rings. The maximum atomic E-state index is 2.56. The van der Waals surface area contributed by atoms with Crippen molar-refractivity contribution in [1.29, 1.82) is 0 Å². The van der Waals surface area contributed by atoms with Gasteiger partial charge in [-0.15, -0.1) is 0 Å². The molecule has 0 aromatic heterocycles. The number of rotatable bonds is 16. The van der Waals surface area contributed by atoms with Crippen LogP contribution in [0.1, 0.15) is 94.7 Å². The zero-order chi connectivity index (χ0) is 35.8. The summed E-state index contributed by atoms with van der Waals surface area (Å²) in [5, 5.41) is 0. The third-order valence-corrected chi connectivity index (χ3v) is 11.1. The average molecular weight is 683 g/mol. The van der Waals surface area contributed by atoms with Gasteiger partial charge >= 0.3 is 0 Å². The van der Waals surface area contributed by atoms with Crippen LogP contribution < -0.4 is 9.80 Å². The standard InChI is InChI=1S/C50H54N2/c1-4-6-8-19-35-50(36-20-9-7-5-2)48-37-44(51(40-21-13-10-14-22-40)41-23-15-11-16-24-41)31-33-46(48)47-34-32-45(38-49(47)50)52(42-25-17-12-18-26-42)43-29-27-39(3)28-30-43/h10-18,21-34,37-38H,4-9,19-20,35-36H2,1-3H3. The molecule has 2 heteroatoms. The third kappa shape index (κ3) is 7.30. The van der Waals surface area contributed by atoms with Crippen molar-refractivity contribution < 1.29 is 0 Å². The lowest BCUT2D eigenvalue weighted by Crippen LogP contribution is -2.26. The number of hydrogen-bond acceptors (Lipinski definition) is 2. The van der Waals surface area contributed by atoms with Gasteiger partial charge in [0.25, 0.3) is 0 Å². The number of fused-ring (bicyclic) bond motifs is 3. The number of benzene rings is 6. The van der Waals surface area contributed by atoms with Gasteiger partial charge in [0, 0.05) is 39.5 Å². The van der Waals surface area contributed by atoms with Crippen molar-refractivity contribution in [2.45, 2.75) is 90.4 Å². The minimum Gasteiger partial charge on any atom is -0.310 e. The van der Waals surface area contributed by atoms with E-state index >= 15 is 0 Å². The summed E-state index contributed by atoms with van der Waals surface area (Å²) in [6.45, 7) is 6.81. The molecule has 0 atom stereocenters.